The van der Waals surface area contributed by atoms with Gasteiger partial charge < -0.3 is 15.2 Å². The number of carboxylic acids is 1. The van der Waals surface area contributed by atoms with E-state index < -0.39 is 53.1 Å². The second-order valence-corrected chi connectivity index (χ2v) is 3.65. The second-order valence-electron chi connectivity index (χ2n) is 3.65. The maximum Gasteiger partial charge on any atom is 0.329 e. The van der Waals surface area contributed by atoms with Crippen LogP contribution in [0.3, 0.4) is 0 Å². The van der Waals surface area contributed by atoms with Crippen LogP contribution < -0.4 is 5.32 Å². The van der Waals surface area contributed by atoms with E-state index in [1.807, 2.05) is 5.32 Å². The van der Waals surface area contributed by atoms with Crippen LogP contribution >= 0.6 is 0 Å². The van der Waals surface area contributed by atoms with Crippen LogP contribution in [-0.2, 0) is 9.53 Å². The van der Waals surface area contributed by atoms with Crippen molar-refractivity contribution >= 4 is 11.9 Å². The number of benzene rings is 1. The van der Waals surface area contributed by atoms with Crippen LogP contribution in [0, 0.1) is 29.1 Å². The van der Waals surface area contributed by atoms with E-state index in [0.717, 1.165) is 0 Å². The van der Waals surface area contributed by atoms with Crippen LogP contribution in [0.5, 0.6) is 0 Å². The fourth-order valence-corrected chi connectivity index (χ4v) is 1.29. The van der Waals surface area contributed by atoms with E-state index in [-0.39, 0.29) is 13.2 Å². The number of aliphatic carboxylic acids is 1. The minimum absolute atomic E-state index is 0.326. The molecular weight excluding hydrogens is 305 g/mol. The maximum atomic E-state index is 13.2. The number of carbonyl (C=O) groups excluding carboxylic acids is 1. The van der Waals surface area contributed by atoms with Crippen molar-refractivity contribution in [3.8, 4) is 0 Å². The Morgan fingerprint density at radius 3 is 1.90 bits per heavy atom. The molecule has 1 aromatic carbocycles. The first-order valence-corrected chi connectivity index (χ1v) is 5.36. The molecule has 1 amide bonds. The molecule has 116 valence electrons. The molecule has 0 saturated heterocycles. The molecule has 0 radical (unpaired) electrons. The van der Waals surface area contributed by atoms with E-state index in [9.17, 15) is 31.5 Å². The zero-order valence-electron chi connectivity index (χ0n) is 10.2. The molecule has 0 saturated carbocycles. The molecule has 0 spiro atoms. The molecule has 10 heteroatoms. The SMILES string of the molecule is O=C(O)COCCNC(=O)c1c(F)c(F)c(F)c(F)c1F. The van der Waals surface area contributed by atoms with Crippen molar-refractivity contribution in [1.82, 2.24) is 5.32 Å². The summed E-state index contributed by atoms with van der Waals surface area (Å²) in [6.07, 6.45) is 0. The third-order valence-corrected chi connectivity index (χ3v) is 2.19. The lowest BCUT2D eigenvalue weighted by Crippen LogP contribution is -2.30. The minimum Gasteiger partial charge on any atom is -0.480 e. The molecule has 0 aliphatic carbocycles. The summed E-state index contributed by atoms with van der Waals surface area (Å²) in [5, 5.41) is 10.1. The highest BCUT2D eigenvalue weighted by molar-refractivity contribution is 5.94. The Morgan fingerprint density at radius 2 is 1.43 bits per heavy atom. The van der Waals surface area contributed by atoms with Gasteiger partial charge in [0.05, 0.1) is 6.61 Å². The average molecular weight is 313 g/mol. The number of rotatable bonds is 6. The Kier molecular flexibility index (Phi) is 5.59. The standard InChI is InChI=1S/C11H8F5NO4/c12-6-5(7(13)9(15)10(16)8(6)14)11(20)17-1-2-21-3-4(18)19/h1-3H2,(H,17,20)(H,18,19). The van der Waals surface area contributed by atoms with Crippen LogP contribution in [0.25, 0.3) is 0 Å². The van der Waals surface area contributed by atoms with Crippen molar-refractivity contribution in [2.45, 2.75) is 0 Å². The van der Waals surface area contributed by atoms with Gasteiger partial charge >= 0.3 is 5.97 Å². The highest BCUT2D eigenvalue weighted by Gasteiger charge is 2.29. The molecule has 5 nitrogen and oxygen atoms in total. The van der Waals surface area contributed by atoms with Crippen molar-refractivity contribution in [3.05, 3.63) is 34.6 Å². The van der Waals surface area contributed by atoms with Crippen molar-refractivity contribution in [1.29, 1.82) is 0 Å². The van der Waals surface area contributed by atoms with Crippen molar-refractivity contribution in [2.75, 3.05) is 19.8 Å². The van der Waals surface area contributed by atoms with Crippen LogP contribution in [0.2, 0.25) is 0 Å². The first-order chi connectivity index (χ1) is 9.77. The third kappa shape index (κ3) is 3.88. The molecule has 0 bridgehead atoms. The number of ether oxygens (including phenoxy) is 1. The summed E-state index contributed by atoms with van der Waals surface area (Å²) in [5.74, 6) is -14.2. The van der Waals surface area contributed by atoms with Crippen LogP contribution in [0.4, 0.5) is 22.0 Å². The molecule has 2 N–H and O–H groups in total. The maximum absolute atomic E-state index is 13.2. The van der Waals surface area contributed by atoms with Crippen LogP contribution in [-0.4, -0.2) is 36.7 Å². The molecule has 0 unspecified atom stereocenters. The molecule has 0 heterocycles. The van der Waals surface area contributed by atoms with E-state index in [1.165, 1.54) is 0 Å². The summed E-state index contributed by atoms with van der Waals surface area (Å²) in [5.41, 5.74) is -1.62. The van der Waals surface area contributed by atoms with E-state index in [1.54, 1.807) is 0 Å². The zero-order chi connectivity index (χ0) is 16.2. The Hall–Kier alpha value is -2.23. The van der Waals surface area contributed by atoms with Crippen molar-refractivity contribution < 1.29 is 41.4 Å². The van der Waals surface area contributed by atoms with Gasteiger partial charge in [-0.2, -0.15) is 0 Å². The first kappa shape index (κ1) is 16.8. The Balaban J connectivity index is 2.77. The smallest absolute Gasteiger partial charge is 0.329 e. The number of nitrogens with one attached hydrogen (secondary N) is 1. The summed E-state index contributed by atoms with van der Waals surface area (Å²) in [6.45, 7) is -1.38. The Bertz CT molecular complexity index is 549. The molecule has 0 aliphatic rings. The summed E-state index contributed by atoms with van der Waals surface area (Å²) < 4.78 is 69.5. The average Bonchev–Trinajstić information content (AvgIpc) is 2.42. The largest absolute Gasteiger partial charge is 0.480 e. The predicted molar refractivity (Wildman–Crippen MR) is 57.0 cm³/mol. The van der Waals surface area contributed by atoms with E-state index >= 15 is 0 Å². The molecular formula is C11H8F5NO4. The van der Waals surface area contributed by atoms with Crippen LogP contribution in [0.1, 0.15) is 10.4 Å². The molecule has 1 rings (SSSR count). The van der Waals surface area contributed by atoms with Gasteiger partial charge in [-0.3, -0.25) is 4.79 Å². The van der Waals surface area contributed by atoms with Gasteiger partial charge in [-0.05, 0) is 0 Å². The van der Waals surface area contributed by atoms with Gasteiger partial charge in [-0.25, -0.2) is 26.7 Å². The monoisotopic (exact) mass is 313 g/mol. The summed E-state index contributed by atoms with van der Waals surface area (Å²) >= 11 is 0. The number of halogens is 5. The first-order valence-electron chi connectivity index (χ1n) is 5.36. The van der Waals surface area contributed by atoms with Crippen molar-refractivity contribution in [2.24, 2.45) is 0 Å². The van der Waals surface area contributed by atoms with Crippen LogP contribution in [0.15, 0.2) is 0 Å². The summed E-state index contributed by atoms with van der Waals surface area (Å²) in [4.78, 5) is 21.5. The predicted octanol–water partition coefficient (Wildman–Crippen LogP) is 1.21. The fourth-order valence-electron chi connectivity index (χ4n) is 1.29. The second kappa shape index (κ2) is 6.97. The van der Waals surface area contributed by atoms with Gasteiger partial charge in [-0.15, -0.1) is 0 Å². The number of hydrogen-bond acceptors (Lipinski definition) is 3. The highest BCUT2D eigenvalue weighted by Crippen LogP contribution is 2.22. The minimum atomic E-state index is -2.37. The number of carboxylic acid groups (broad SMARTS) is 1. The normalized spacial score (nSPS) is 10.5. The van der Waals surface area contributed by atoms with Gasteiger partial charge in [0.2, 0.25) is 5.82 Å². The van der Waals surface area contributed by atoms with E-state index in [0.29, 0.717) is 0 Å². The Labute approximate surface area is 114 Å². The molecule has 21 heavy (non-hydrogen) atoms. The Morgan fingerprint density at radius 1 is 0.952 bits per heavy atom. The van der Waals surface area contributed by atoms with Gasteiger partial charge in [-0.1, -0.05) is 0 Å². The zero-order valence-corrected chi connectivity index (χ0v) is 10.2. The third-order valence-electron chi connectivity index (χ3n) is 2.19. The lowest BCUT2D eigenvalue weighted by atomic mass is 10.1. The van der Waals surface area contributed by atoms with Gasteiger partial charge in [0, 0.05) is 6.54 Å². The molecule has 1 aromatic rings. The van der Waals surface area contributed by atoms with Crippen molar-refractivity contribution in [3.63, 3.8) is 0 Å². The molecule has 0 atom stereocenters. The molecule has 0 aliphatic heterocycles. The molecule has 0 fully saturated rings. The number of carbonyl (C=O) groups is 2. The van der Waals surface area contributed by atoms with E-state index in [2.05, 4.69) is 4.74 Å². The lowest BCUT2D eigenvalue weighted by Gasteiger charge is -2.09. The van der Waals surface area contributed by atoms with E-state index in [4.69, 9.17) is 5.11 Å². The number of hydrogen-bond donors (Lipinski definition) is 2. The number of amides is 1. The summed E-state index contributed by atoms with van der Waals surface area (Å²) in [7, 11) is 0. The van der Waals surface area contributed by atoms with Gasteiger partial charge in [0.1, 0.15) is 12.2 Å². The van der Waals surface area contributed by atoms with Gasteiger partial charge in [0.25, 0.3) is 5.91 Å². The topological polar surface area (TPSA) is 75.6 Å². The quantitative estimate of drug-likeness (QED) is 0.358. The van der Waals surface area contributed by atoms with Gasteiger partial charge in [0.15, 0.2) is 23.3 Å². The highest BCUT2D eigenvalue weighted by atomic mass is 19.2. The molecule has 0 aromatic heterocycles. The lowest BCUT2D eigenvalue weighted by molar-refractivity contribution is -0.142. The fraction of sp³-hybridized carbons (Fsp3) is 0.273. The summed E-state index contributed by atoms with van der Waals surface area (Å²) in [6, 6.07) is 0.